The van der Waals surface area contributed by atoms with Gasteiger partial charge in [0.25, 0.3) is 5.91 Å². The lowest BCUT2D eigenvalue weighted by atomic mass is 10.2. The maximum Gasteiger partial charge on any atom is 0.361 e. The van der Waals surface area contributed by atoms with E-state index >= 15 is 0 Å². The molecule has 2 heterocycles. The standard InChI is InChI=1S/C21H24ClN5O4/c1-5-26-11-18(19(25-26)21(29)31-13(2)3)23-20(28)17-8-9-27(24-17)12-30-15-6-7-16(22)14(4)10-15/h6-11,13H,5,12H2,1-4H3,(H,23,28). The van der Waals surface area contributed by atoms with Crippen LogP contribution in [0.25, 0.3) is 0 Å². The summed E-state index contributed by atoms with van der Waals surface area (Å²) in [5.74, 6) is -0.436. The van der Waals surface area contributed by atoms with E-state index in [-0.39, 0.29) is 29.9 Å². The second-order valence-corrected chi connectivity index (χ2v) is 7.49. The van der Waals surface area contributed by atoms with Gasteiger partial charge < -0.3 is 14.8 Å². The van der Waals surface area contributed by atoms with E-state index in [0.29, 0.717) is 17.3 Å². The third-order valence-corrected chi connectivity index (χ3v) is 4.66. The number of carbonyl (C=O) groups excluding carboxylic acids is 2. The van der Waals surface area contributed by atoms with Crippen LogP contribution in [0.3, 0.4) is 0 Å². The van der Waals surface area contributed by atoms with Crippen molar-refractivity contribution in [2.24, 2.45) is 0 Å². The number of carbonyl (C=O) groups is 2. The normalized spacial score (nSPS) is 10.9. The first kappa shape index (κ1) is 22.4. The van der Waals surface area contributed by atoms with Crippen molar-refractivity contribution in [2.75, 3.05) is 5.32 Å². The summed E-state index contributed by atoms with van der Waals surface area (Å²) < 4.78 is 13.9. The van der Waals surface area contributed by atoms with E-state index in [0.717, 1.165) is 5.56 Å². The van der Waals surface area contributed by atoms with Crippen LogP contribution < -0.4 is 10.1 Å². The minimum Gasteiger partial charge on any atom is -0.471 e. The number of benzene rings is 1. The third-order valence-electron chi connectivity index (χ3n) is 4.24. The summed E-state index contributed by atoms with van der Waals surface area (Å²) in [6.07, 6.45) is 2.90. The van der Waals surface area contributed by atoms with E-state index in [9.17, 15) is 9.59 Å². The largest absolute Gasteiger partial charge is 0.471 e. The summed E-state index contributed by atoms with van der Waals surface area (Å²) in [4.78, 5) is 24.9. The SMILES string of the molecule is CCn1cc(NC(=O)c2ccn(COc3ccc(Cl)c(C)c3)n2)c(C(=O)OC(C)C)n1. The molecule has 0 saturated heterocycles. The molecule has 0 spiro atoms. The summed E-state index contributed by atoms with van der Waals surface area (Å²) >= 11 is 6.02. The molecule has 2 aromatic heterocycles. The third kappa shape index (κ3) is 5.64. The van der Waals surface area contributed by atoms with Crippen molar-refractivity contribution >= 4 is 29.2 Å². The number of hydrogen-bond acceptors (Lipinski definition) is 6. The van der Waals surface area contributed by atoms with Gasteiger partial charge in [-0.05, 0) is 57.5 Å². The Kier molecular flexibility index (Phi) is 6.96. The van der Waals surface area contributed by atoms with E-state index in [1.54, 1.807) is 49.1 Å². The van der Waals surface area contributed by atoms with Crippen molar-refractivity contribution in [3.8, 4) is 5.75 Å². The topological polar surface area (TPSA) is 100 Å². The van der Waals surface area contributed by atoms with Crippen LogP contribution in [-0.2, 0) is 18.0 Å². The Bertz CT molecular complexity index is 1090. The lowest BCUT2D eigenvalue weighted by Gasteiger charge is -2.08. The zero-order valence-corrected chi connectivity index (χ0v) is 18.5. The number of aryl methyl sites for hydroxylation is 2. The van der Waals surface area contributed by atoms with E-state index in [1.807, 2.05) is 19.9 Å². The second kappa shape index (κ2) is 9.65. The Morgan fingerprint density at radius 2 is 1.97 bits per heavy atom. The van der Waals surface area contributed by atoms with Crippen molar-refractivity contribution < 1.29 is 19.1 Å². The molecule has 0 aliphatic carbocycles. The summed E-state index contributed by atoms with van der Waals surface area (Å²) in [5, 5.41) is 11.7. The predicted octanol–water partition coefficient (Wildman–Crippen LogP) is 3.92. The summed E-state index contributed by atoms with van der Waals surface area (Å²) in [5.41, 5.74) is 1.38. The molecule has 3 rings (SSSR count). The van der Waals surface area contributed by atoms with E-state index in [2.05, 4.69) is 15.5 Å². The molecule has 164 valence electrons. The van der Waals surface area contributed by atoms with E-state index < -0.39 is 11.9 Å². The maximum absolute atomic E-state index is 12.6. The van der Waals surface area contributed by atoms with Gasteiger partial charge in [0.15, 0.2) is 18.1 Å². The van der Waals surface area contributed by atoms with Gasteiger partial charge in [0.05, 0.1) is 11.8 Å². The van der Waals surface area contributed by atoms with Gasteiger partial charge in [-0.1, -0.05) is 11.6 Å². The highest BCUT2D eigenvalue weighted by molar-refractivity contribution is 6.31. The maximum atomic E-state index is 12.6. The first-order chi connectivity index (χ1) is 14.8. The lowest BCUT2D eigenvalue weighted by Crippen LogP contribution is -2.18. The molecular formula is C21H24ClN5O4. The first-order valence-corrected chi connectivity index (χ1v) is 10.2. The first-order valence-electron chi connectivity index (χ1n) is 9.79. The van der Waals surface area contributed by atoms with Gasteiger partial charge in [-0.3, -0.25) is 9.48 Å². The van der Waals surface area contributed by atoms with Crippen molar-refractivity contribution in [3.63, 3.8) is 0 Å². The Hall–Kier alpha value is -3.33. The molecule has 1 amide bonds. The van der Waals surface area contributed by atoms with Crippen LogP contribution in [0, 0.1) is 6.92 Å². The number of halogens is 1. The Balaban J connectivity index is 1.67. The molecule has 0 radical (unpaired) electrons. The van der Waals surface area contributed by atoms with Crippen molar-refractivity contribution in [3.05, 3.63) is 58.6 Å². The molecule has 0 aliphatic rings. The predicted molar refractivity (Wildman–Crippen MR) is 115 cm³/mol. The van der Waals surface area contributed by atoms with Crippen LogP contribution in [0.4, 0.5) is 5.69 Å². The molecule has 1 aromatic carbocycles. The van der Waals surface area contributed by atoms with Crippen LogP contribution in [0.15, 0.2) is 36.7 Å². The molecular weight excluding hydrogens is 422 g/mol. The van der Waals surface area contributed by atoms with E-state index in [1.165, 1.54) is 4.68 Å². The van der Waals surface area contributed by atoms with Crippen LogP contribution in [-0.4, -0.2) is 37.5 Å². The Morgan fingerprint density at radius 3 is 2.65 bits per heavy atom. The number of nitrogens with one attached hydrogen (secondary N) is 1. The highest BCUT2D eigenvalue weighted by Crippen LogP contribution is 2.21. The molecule has 0 atom stereocenters. The number of amides is 1. The van der Waals surface area contributed by atoms with Gasteiger partial charge in [0.1, 0.15) is 5.75 Å². The fraction of sp³-hybridized carbons (Fsp3) is 0.333. The second-order valence-electron chi connectivity index (χ2n) is 7.08. The number of aromatic nitrogens is 4. The molecule has 0 aliphatic heterocycles. The minimum absolute atomic E-state index is 0.0461. The van der Waals surface area contributed by atoms with Crippen LogP contribution in [0.5, 0.6) is 5.75 Å². The zero-order chi connectivity index (χ0) is 22.5. The molecule has 3 aromatic rings. The van der Waals surface area contributed by atoms with Crippen LogP contribution >= 0.6 is 11.6 Å². The van der Waals surface area contributed by atoms with E-state index in [4.69, 9.17) is 21.1 Å². The van der Waals surface area contributed by atoms with Gasteiger partial charge in [-0.15, -0.1) is 0 Å². The molecule has 10 heteroatoms. The molecule has 31 heavy (non-hydrogen) atoms. The summed E-state index contributed by atoms with van der Waals surface area (Å²) in [6.45, 7) is 7.90. The molecule has 9 nitrogen and oxygen atoms in total. The number of rotatable bonds is 8. The fourth-order valence-electron chi connectivity index (χ4n) is 2.68. The zero-order valence-electron chi connectivity index (χ0n) is 17.8. The molecule has 0 saturated carbocycles. The van der Waals surface area contributed by atoms with Gasteiger partial charge in [-0.25, -0.2) is 9.48 Å². The number of ether oxygens (including phenoxy) is 2. The van der Waals surface area contributed by atoms with Gasteiger partial charge in [-0.2, -0.15) is 10.2 Å². The van der Waals surface area contributed by atoms with Crippen molar-refractivity contribution in [1.82, 2.24) is 19.6 Å². The van der Waals surface area contributed by atoms with Crippen LogP contribution in [0.1, 0.15) is 47.3 Å². The average molecular weight is 446 g/mol. The molecule has 0 fully saturated rings. The average Bonchev–Trinajstić information content (AvgIpc) is 3.35. The van der Waals surface area contributed by atoms with Gasteiger partial charge >= 0.3 is 5.97 Å². The van der Waals surface area contributed by atoms with Crippen LogP contribution in [0.2, 0.25) is 5.02 Å². The Labute approximate surface area is 184 Å². The molecule has 1 N–H and O–H groups in total. The smallest absolute Gasteiger partial charge is 0.361 e. The Morgan fingerprint density at radius 1 is 1.19 bits per heavy atom. The highest BCUT2D eigenvalue weighted by atomic mass is 35.5. The number of anilines is 1. The van der Waals surface area contributed by atoms with Crippen molar-refractivity contribution in [1.29, 1.82) is 0 Å². The lowest BCUT2D eigenvalue weighted by molar-refractivity contribution is 0.0371. The summed E-state index contributed by atoms with van der Waals surface area (Å²) in [6, 6.07) is 6.90. The summed E-state index contributed by atoms with van der Waals surface area (Å²) in [7, 11) is 0. The molecule has 0 unspecified atom stereocenters. The van der Waals surface area contributed by atoms with Gasteiger partial charge in [0.2, 0.25) is 0 Å². The number of esters is 1. The van der Waals surface area contributed by atoms with Gasteiger partial charge in [0, 0.05) is 24.0 Å². The number of hydrogen-bond donors (Lipinski definition) is 1. The highest BCUT2D eigenvalue weighted by Gasteiger charge is 2.22. The molecule has 0 bridgehead atoms. The minimum atomic E-state index is -0.602. The quantitative estimate of drug-likeness (QED) is 0.527. The fourth-order valence-corrected chi connectivity index (χ4v) is 2.80. The van der Waals surface area contributed by atoms with Crippen molar-refractivity contribution in [2.45, 2.75) is 47.1 Å². The number of nitrogens with zero attached hydrogens (tertiary/aromatic N) is 4. The monoisotopic (exact) mass is 445 g/mol.